The van der Waals surface area contributed by atoms with Gasteiger partial charge in [0.15, 0.2) is 9.84 Å². The van der Waals surface area contributed by atoms with Crippen LogP contribution in [0.4, 0.5) is 0 Å². The van der Waals surface area contributed by atoms with Crippen molar-refractivity contribution < 1.29 is 13.5 Å². The largest absolute Gasteiger partial charge is 0.396 e. The van der Waals surface area contributed by atoms with Crippen molar-refractivity contribution in [3.05, 3.63) is 29.8 Å². The van der Waals surface area contributed by atoms with Crippen LogP contribution >= 0.6 is 0 Å². The zero-order chi connectivity index (χ0) is 12.2. The highest BCUT2D eigenvalue weighted by atomic mass is 32.2. The summed E-state index contributed by atoms with van der Waals surface area (Å²) >= 11 is 0. The van der Waals surface area contributed by atoms with Crippen LogP contribution < -0.4 is 0 Å². The molecule has 0 amide bonds. The molecule has 0 heterocycles. The maximum absolute atomic E-state index is 11.9. The fraction of sp³-hybridized carbons (Fsp3) is 0.500. The Labute approximate surface area is 97.0 Å². The van der Waals surface area contributed by atoms with E-state index in [1.165, 1.54) is 0 Å². The third kappa shape index (κ3) is 3.61. The Morgan fingerprint density at radius 1 is 1.25 bits per heavy atom. The maximum Gasteiger partial charge on any atom is 0.178 e. The molecule has 0 fully saturated rings. The second kappa shape index (κ2) is 5.46. The molecule has 0 radical (unpaired) electrons. The summed E-state index contributed by atoms with van der Waals surface area (Å²) in [6.07, 6.45) is 0.519. The number of aliphatic hydroxyl groups excluding tert-OH is 1. The van der Waals surface area contributed by atoms with Gasteiger partial charge < -0.3 is 5.11 Å². The van der Waals surface area contributed by atoms with Gasteiger partial charge in [-0.25, -0.2) is 8.42 Å². The summed E-state index contributed by atoms with van der Waals surface area (Å²) in [6, 6.07) is 6.86. The monoisotopic (exact) mass is 242 g/mol. The zero-order valence-electron chi connectivity index (χ0n) is 9.68. The summed E-state index contributed by atoms with van der Waals surface area (Å²) in [5.41, 5.74) is 1.04. The molecule has 0 saturated heterocycles. The first-order valence-electron chi connectivity index (χ1n) is 5.36. The highest BCUT2D eigenvalue weighted by molar-refractivity contribution is 7.91. The van der Waals surface area contributed by atoms with Gasteiger partial charge in [-0.05, 0) is 31.4 Å². The number of aliphatic hydroxyl groups is 1. The van der Waals surface area contributed by atoms with Crippen LogP contribution in [-0.4, -0.2) is 25.9 Å². The Morgan fingerprint density at radius 3 is 2.31 bits per heavy atom. The first kappa shape index (κ1) is 13.2. The van der Waals surface area contributed by atoms with Gasteiger partial charge in [0.2, 0.25) is 0 Å². The molecule has 1 aromatic carbocycles. The minimum atomic E-state index is -3.21. The lowest BCUT2D eigenvalue weighted by molar-refractivity contribution is 0.268. The zero-order valence-corrected chi connectivity index (χ0v) is 10.5. The Kier molecular flexibility index (Phi) is 4.50. The van der Waals surface area contributed by atoms with Crippen LogP contribution in [0.5, 0.6) is 0 Å². The molecule has 0 bridgehead atoms. The molecule has 4 heteroatoms. The van der Waals surface area contributed by atoms with Crippen molar-refractivity contribution in [1.82, 2.24) is 0 Å². The molecule has 1 rings (SSSR count). The summed E-state index contributed by atoms with van der Waals surface area (Å²) in [5.74, 6) is 0.0766. The van der Waals surface area contributed by atoms with Crippen LogP contribution in [-0.2, 0) is 9.84 Å². The van der Waals surface area contributed by atoms with E-state index in [1.54, 1.807) is 24.3 Å². The molecular weight excluding hydrogens is 224 g/mol. The minimum absolute atomic E-state index is 0.0173. The Balaban J connectivity index is 2.82. The van der Waals surface area contributed by atoms with E-state index in [0.717, 1.165) is 5.56 Å². The molecule has 1 unspecified atom stereocenters. The molecule has 90 valence electrons. The van der Waals surface area contributed by atoms with Crippen molar-refractivity contribution in [2.45, 2.75) is 25.2 Å². The predicted octanol–water partition coefficient (Wildman–Crippen LogP) is 1.79. The highest BCUT2D eigenvalue weighted by Crippen LogP contribution is 2.16. The standard InChI is InChI=1S/C12H18O3S/c1-10-3-5-12(6-4-10)16(14,15)9-11(2)7-8-13/h3-6,11,13H,7-9H2,1-2H3. The van der Waals surface area contributed by atoms with Gasteiger partial charge in [-0.1, -0.05) is 24.6 Å². The number of hydrogen-bond donors (Lipinski definition) is 1. The number of hydrogen-bond acceptors (Lipinski definition) is 3. The van der Waals surface area contributed by atoms with E-state index in [-0.39, 0.29) is 18.3 Å². The second-order valence-electron chi connectivity index (χ2n) is 4.21. The summed E-state index contributed by atoms with van der Waals surface area (Å²) in [7, 11) is -3.21. The summed E-state index contributed by atoms with van der Waals surface area (Å²) in [6.45, 7) is 3.79. The van der Waals surface area contributed by atoms with Crippen molar-refractivity contribution in [3.8, 4) is 0 Å². The Morgan fingerprint density at radius 2 is 1.81 bits per heavy atom. The van der Waals surface area contributed by atoms with Crippen LogP contribution in [0.3, 0.4) is 0 Å². The summed E-state index contributed by atoms with van der Waals surface area (Å²) in [4.78, 5) is 0.364. The van der Waals surface area contributed by atoms with Gasteiger partial charge in [0.05, 0.1) is 10.6 Å². The van der Waals surface area contributed by atoms with Crippen LogP contribution in [0.2, 0.25) is 0 Å². The molecular formula is C12H18O3S. The van der Waals surface area contributed by atoms with E-state index in [2.05, 4.69) is 0 Å². The molecule has 1 N–H and O–H groups in total. The van der Waals surface area contributed by atoms with Crippen LogP contribution in [0.1, 0.15) is 18.9 Å². The van der Waals surface area contributed by atoms with E-state index < -0.39 is 9.84 Å². The first-order valence-corrected chi connectivity index (χ1v) is 7.01. The molecule has 1 aromatic rings. The molecule has 0 aliphatic rings. The number of aryl methyl sites for hydroxylation is 1. The van der Waals surface area contributed by atoms with Crippen molar-refractivity contribution in [2.24, 2.45) is 5.92 Å². The fourth-order valence-electron chi connectivity index (χ4n) is 1.52. The van der Waals surface area contributed by atoms with Gasteiger partial charge in [-0.15, -0.1) is 0 Å². The van der Waals surface area contributed by atoms with Gasteiger partial charge in [-0.2, -0.15) is 0 Å². The van der Waals surface area contributed by atoms with E-state index >= 15 is 0 Å². The Bertz CT molecular complexity index is 420. The average molecular weight is 242 g/mol. The lowest BCUT2D eigenvalue weighted by Crippen LogP contribution is -2.15. The topological polar surface area (TPSA) is 54.4 Å². The number of benzene rings is 1. The molecule has 1 atom stereocenters. The van der Waals surface area contributed by atoms with Crippen molar-refractivity contribution in [3.63, 3.8) is 0 Å². The Hall–Kier alpha value is -0.870. The van der Waals surface area contributed by atoms with Crippen molar-refractivity contribution in [1.29, 1.82) is 0 Å². The maximum atomic E-state index is 11.9. The fourth-order valence-corrected chi connectivity index (χ4v) is 3.18. The van der Waals surface area contributed by atoms with E-state index in [9.17, 15) is 8.42 Å². The van der Waals surface area contributed by atoms with Crippen LogP contribution in [0.25, 0.3) is 0 Å². The molecule has 3 nitrogen and oxygen atoms in total. The van der Waals surface area contributed by atoms with Crippen LogP contribution in [0.15, 0.2) is 29.2 Å². The average Bonchev–Trinajstić information content (AvgIpc) is 2.17. The molecule has 16 heavy (non-hydrogen) atoms. The number of rotatable bonds is 5. The quantitative estimate of drug-likeness (QED) is 0.856. The van der Waals surface area contributed by atoms with Crippen molar-refractivity contribution >= 4 is 9.84 Å². The second-order valence-corrected chi connectivity index (χ2v) is 6.25. The highest BCUT2D eigenvalue weighted by Gasteiger charge is 2.17. The third-order valence-corrected chi connectivity index (χ3v) is 4.50. The SMILES string of the molecule is Cc1ccc(S(=O)(=O)CC(C)CCO)cc1. The van der Waals surface area contributed by atoms with Gasteiger partial charge in [-0.3, -0.25) is 0 Å². The first-order chi connectivity index (χ1) is 7.45. The van der Waals surface area contributed by atoms with Gasteiger partial charge in [0, 0.05) is 6.61 Å². The molecule has 0 aliphatic heterocycles. The minimum Gasteiger partial charge on any atom is -0.396 e. The number of sulfone groups is 1. The molecule has 0 saturated carbocycles. The van der Waals surface area contributed by atoms with Gasteiger partial charge in [0.1, 0.15) is 0 Å². The smallest absolute Gasteiger partial charge is 0.178 e. The lowest BCUT2D eigenvalue weighted by Gasteiger charge is -2.10. The van der Waals surface area contributed by atoms with E-state index in [4.69, 9.17) is 5.11 Å². The summed E-state index contributed by atoms with van der Waals surface area (Å²) < 4.78 is 23.9. The molecule has 0 aliphatic carbocycles. The predicted molar refractivity (Wildman–Crippen MR) is 64.1 cm³/mol. The van der Waals surface area contributed by atoms with E-state index in [0.29, 0.717) is 11.3 Å². The lowest BCUT2D eigenvalue weighted by atomic mass is 10.1. The van der Waals surface area contributed by atoms with Crippen LogP contribution in [0, 0.1) is 12.8 Å². The third-order valence-electron chi connectivity index (χ3n) is 2.51. The molecule has 0 aromatic heterocycles. The van der Waals surface area contributed by atoms with E-state index in [1.807, 2.05) is 13.8 Å². The van der Waals surface area contributed by atoms with Gasteiger partial charge in [0.25, 0.3) is 0 Å². The normalized spacial score (nSPS) is 13.7. The van der Waals surface area contributed by atoms with Gasteiger partial charge >= 0.3 is 0 Å². The summed E-state index contributed by atoms with van der Waals surface area (Å²) in [5, 5.41) is 8.75. The van der Waals surface area contributed by atoms with Crippen molar-refractivity contribution in [2.75, 3.05) is 12.4 Å². The molecule has 0 spiro atoms.